The molecule has 0 aliphatic carbocycles. The molecule has 0 amide bonds. The molecular formula is C11H24N2O5. The Bertz CT molecular complexity index is 223. The van der Waals surface area contributed by atoms with E-state index in [1.807, 2.05) is 0 Å². The first kappa shape index (κ1) is 19.2. The summed E-state index contributed by atoms with van der Waals surface area (Å²) in [4.78, 5) is 19.5. The number of carboxylic acids is 2. The second kappa shape index (κ2) is 13.9. The summed E-state index contributed by atoms with van der Waals surface area (Å²) >= 11 is 0. The Morgan fingerprint density at radius 2 is 1.83 bits per heavy atom. The number of carboxylic acid groups (broad SMARTS) is 2. The predicted molar refractivity (Wildman–Crippen MR) is 67.3 cm³/mol. The van der Waals surface area contributed by atoms with Gasteiger partial charge in [0.1, 0.15) is 0 Å². The van der Waals surface area contributed by atoms with Crippen LogP contribution in [0.2, 0.25) is 0 Å². The highest BCUT2D eigenvalue weighted by Gasteiger charge is 2.00. The molecule has 1 atom stereocenters. The average Bonchev–Trinajstić information content (AvgIpc) is 2.29. The Morgan fingerprint density at radius 3 is 2.22 bits per heavy atom. The molecule has 18 heavy (non-hydrogen) atoms. The van der Waals surface area contributed by atoms with Crippen molar-refractivity contribution in [2.24, 2.45) is 5.73 Å². The van der Waals surface area contributed by atoms with Crippen LogP contribution in [0.15, 0.2) is 0 Å². The molecule has 0 saturated heterocycles. The second-order valence-corrected chi connectivity index (χ2v) is 3.72. The van der Waals surface area contributed by atoms with Crippen molar-refractivity contribution in [2.75, 3.05) is 19.7 Å². The van der Waals surface area contributed by atoms with Gasteiger partial charge in [0.2, 0.25) is 0 Å². The topological polar surface area (TPSA) is 133 Å². The Kier molecular flexibility index (Phi) is 14.8. The van der Waals surface area contributed by atoms with Crippen LogP contribution in [-0.2, 0) is 9.59 Å². The molecule has 0 bridgehead atoms. The number of aliphatic hydroxyl groups is 1. The third-order valence-corrected chi connectivity index (χ3v) is 1.95. The standard InChI is InChI=1S/C8H18N2O3.C3H6O2/c9-7(3-5-11)6-10-4-1-2-8(12)13;1-2-3(4)5/h7,10-11H,1-6,9H2,(H,12,13);2H2,1H3,(H,4,5). The van der Waals surface area contributed by atoms with Crippen molar-refractivity contribution in [3.05, 3.63) is 0 Å². The van der Waals surface area contributed by atoms with Crippen molar-refractivity contribution in [1.29, 1.82) is 0 Å². The third kappa shape index (κ3) is 20.3. The maximum absolute atomic E-state index is 10.1. The van der Waals surface area contributed by atoms with Gasteiger partial charge in [-0.3, -0.25) is 9.59 Å². The summed E-state index contributed by atoms with van der Waals surface area (Å²) in [5.41, 5.74) is 5.59. The summed E-state index contributed by atoms with van der Waals surface area (Å²) < 4.78 is 0. The Labute approximate surface area is 107 Å². The van der Waals surface area contributed by atoms with Gasteiger partial charge in [-0.15, -0.1) is 0 Å². The lowest BCUT2D eigenvalue weighted by Crippen LogP contribution is -2.35. The molecule has 108 valence electrons. The van der Waals surface area contributed by atoms with Crippen LogP contribution in [0.25, 0.3) is 0 Å². The van der Waals surface area contributed by atoms with Gasteiger partial charge in [0.05, 0.1) is 0 Å². The molecule has 0 aliphatic heterocycles. The molecule has 0 aliphatic rings. The van der Waals surface area contributed by atoms with Gasteiger partial charge in [-0.25, -0.2) is 0 Å². The van der Waals surface area contributed by atoms with Crippen LogP contribution in [0.5, 0.6) is 0 Å². The lowest BCUT2D eigenvalue weighted by molar-refractivity contribution is -0.137. The third-order valence-electron chi connectivity index (χ3n) is 1.95. The van der Waals surface area contributed by atoms with Crippen molar-refractivity contribution >= 4 is 11.9 Å². The highest BCUT2D eigenvalue weighted by molar-refractivity contribution is 5.66. The van der Waals surface area contributed by atoms with Crippen molar-refractivity contribution in [3.8, 4) is 0 Å². The molecule has 0 fully saturated rings. The average molecular weight is 264 g/mol. The molecule has 1 unspecified atom stereocenters. The number of aliphatic hydroxyl groups excluding tert-OH is 1. The Morgan fingerprint density at radius 1 is 1.28 bits per heavy atom. The van der Waals surface area contributed by atoms with E-state index in [-0.39, 0.29) is 25.5 Å². The first-order valence-corrected chi connectivity index (χ1v) is 5.94. The highest BCUT2D eigenvalue weighted by Crippen LogP contribution is 1.87. The SMILES string of the molecule is CCC(=O)O.NC(CCO)CNCCCC(=O)O. The zero-order chi connectivity index (χ0) is 14.4. The minimum atomic E-state index is -0.776. The monoisotopic (exact) mass is 264 g/mol. The zero-order valence-electron chi connectivity index (χ0n) is 10.8. The van der Waals surface area contributed by atoms with E-state index in [0.717, 1.165) is 0 Å². The molecule has 0 heterocycles. The quantitative estimate of drug-likeness (QED) is 0.359. The van der Waals surface area contributed by atoms with E-state index < -0.39 is 11.9 Å². The first-order valence-electron chi connectivity index (χ1n) is 5.94. The van der Waals surface area contributed by atoms with E-state index in [9.17, 15) is 9.59 Å². The fourth-order valence-corrected chi connectivity index (χ4v) is 0.920. The predicted octanol–water partition coefficient (Wildman–Crippen LogP) is -0.368. The fraction of sp³-hybridized carbons (Fsp3) is 0.818. The van der Waals surface area contributed by atoms with Crippen molar-refractivity contribution < 1.29 is 24.9 Å². The van der Waals surface area contributed by atoms with Gasteiger partial charge in [-0.05, 0) is 19.4 Å². The largest absolute Gasteiger partial charge is 0.481 e. The lowest BCUT2D eigenvalue weighted by Gasteiger charge is -2.10. The summed E-state index contributed by atoms with van der Waals surface area (Å²) in [5.74, 6) is -1.52. The number of nitrogens with two attached hydrogens (primary N) is 1. The fourth-order valence-electron chi connectivity index (χ4n) is 0.920. The summed E-state index contributed by atoms with van der Waals surface area (Å²) in [7, 11) is 0. The molecule has 0 saturated carbocycles. The lowest BCUT2D eigenvalue weighted by atomic mass is 10.2. The van der Waals surface area contributed by atoms with E-state index in [1.54, 1.807) is 6.92 Å². The number of hydrogen-bond donors (Lipinski definition) is 5. The molecule has 0 aromatic carbocycles. The Hall–Kier alpha value is -1.18. The smallest absolute Gasteiger partial charge is 0.303 e. The molecule has 0 spiro atoms. The summed E-state index contributed by atoms with van der Waals surface area (Å²) in [6.45, 7) is 2.98. The van der Waals surface area contributed by atoms with E-state index >= 15 is 0 Å². The Balaban J connectivity index is 0. The van der Waals surface area contributed by atoms with Gasteiger partial charge in [0.15, 0.2) is 0 Å². The maximum Gasteiger partial charge on any atom is 0.303 e. The van der Waals surface area contributed by atoms with Crippen LogP contribution in [0, 0.1) is 0 Å². The number of nitrogens with one attached hydrogen (secondary N) is 1. The molecule has 7 nitrogen and oxygen atoms in total. The summed E-state index contributed by atoms with van der Waals surface area (Å²) in [5, 5.41) is 27.6. The number of rotatable bonds is 9. The molecule has 0 rings (SSSR count). The van der Waals surface area contributed by atoms with E-state index in [4.69, 9.17) is 21.1 Å². The molecule has 7 heteroatoms. The molecule has 6 N–H and O–H groups in total. The van der Waals surface area contributed by atoms with Crippen LogP contribution in [0.4, 0.5) is 0 Å². The van der Waals surface area contributed by atoms with Gasteiger partial charge in [-0.2, -0.15) is 0 Å². The minimum Gasteiger partial charge on any atom is -0.481 e. The number of aliphatic carboxylic acids is 2. The van der Waals surface area contributed by atoms with Gasteiger partial charge >= 0.3 is 11.9 Å². The van der Waals surface area contributed by atoms with Crippen LogP contribution >= 0.6 is 0 Å². The van der Waals surface area contributed by atoms with E-state index in [1.165, 1.54) is 0 Å². The second-order valence-electron chi connectivity index (χ2n) is 3.72. The normalized spacial score (nSPS) is 11.3. The van der Waals surface area contributed by atoms with Crippen molar-refractivity contribution in [2.45, 2.75) is 38.6 Å². The van der Waals surface area contributed by atoms with Crippen LogP contribution < -0.4 is 11.1 Å². The number of hydrogen-bond acceptors (Lipinski definition) is 5. The minimum absolute atomic E-state index is 0.0465. The van der Waals surface area contributed by atoms with E-state index in [2.05, 4.69) is 5.32 Å². The molecule has 0 radical (unpaired) electrons. The van der Waals surface area contributed by atoms with Crippen LogP contribution in [0.1, 0.15) is 32.6 Å². The summed E-state index contributed by atoms with van der Waals surface area (Å²) in [6.07, 6.45) is 1.59. The number of carbonyl (C=O) groups is 2. The molecule has 0 aromatic rings. The van der Waals surface area contributed by atoms with Gasteiger partial charge in [0.25, 0.3) is 0 Å². The summed E-state index contributed by atoms with van der Waals surface area (Å²) in [6, 6.07) is -0.0465. The van der Waals surface area contributed by atoms with Gasteiger partial charge in [0, 0.05) is 32.0 Å². The van der Waals surface area contributed by atoms with E-state index in [0.29, 0.717) is 25.9 Å². The van der Waals surface area contributed by atoms with Crippen molar-refractivity contribution in [1.82, 2.24) is 5.32 Å². The van der Waals surface area contributed by atoms with Crippen LogP contribution in [0.3, 0.4) is 0 Å². The maximum atomic E-state index is 10.1. The highest BCUT2D eigenvalue weighted by atomic mass is 16.4. The zero-order valence-corrected chi connectivity index (χ0v) is 10.8. The van der Waals surface area contributed by atoms with Gasteiger partial charge in [-0.1, -0.05) is 6.92 Å². The van der Waals surface area contributed by atoms with Gasteiger partial charge < -0.3 is 26.4 Å². The molecule has 0 aromatic heterocycles. The molecular weight excluding hydrogens is 240 g/mol. The first-order chi connectivity index (χ1) is 8.43. The van der Waals surface area contributed by atoms with Crippen LogP contribution in [-0.4, -0.2) is 53.0 Å². The van der Waals surface area contributed by atoms with Crippen molar-refractivity contribution in [3.63, 3.8) is 0 Å².